The Morgan fingerprint density at radius 2 is 1.90 bits per heavy atom. The minimum atomic E-state index is -3.46. The van der Waals surface area contributed by atoms with Crippen LogP contribution in [0.15, 0.2) is 0 Å². The SMILES string of the molecule is CCCCCC[C@H](C#CCCCOCOC)OS(C)(=O)=O. The molecule has 6 heteroatoms. The minimum Gasteiger partial charge on any atom is -0.359 e. The molecule has 0 amide bonds. The first-order valence-corrected chi connectivity index (χ1v) is 9.24. The van der Waals surface area contributed by atoms with E-state index in [9.17, 15) is 8.42 Å². The van der Waals surface area contributed by atoms with Crippen LogP contribution in [-0.2, 0) is 23.8 Å². The van der Waals surface area contributed by atoms with Gasteiger partial charge in [0.25, 0.3) is 10.1 Å². The standard InChI is InChI=1S/C15H28O5S/c1-4-5-6-8-11-15(20-21(3,16)17)12-9-7-10-13-19-14-18-2/h15H,4-8,10-11,13-14H2,1-3H3/t15-/m1/s1. The number of methoxy groups -OCH3 is 1. The minimum absolute atomic E-state index is 0.282. The summed E-state index contributed by atoms with van der Waals surface area (Å²) in [7, 11) is -1.89. The highest BCUT2D eigenvalue weighted by Crippen LogP contribution is 2.10. The molecule has 0 aromatic heterocycles. The molecule has 0 bridgehead atoms. The Labute approximate surface area is 129 Å². The second-order valence-electron chi connectivity index (χ2n) is 4.88. The molecule has 0 saturated carbocycles. The van der Waals surface area contributed by atoms with Crippen LogP contribution < -0.4 is 0 Å². The molecule has 0 N–H and O–H groups in total. The molecule has 0 aliphatic carbocycles. The molecule has 0 radical (unpaired) electrons. The summed E-state index contributed by atoms with van der Waals surface area (Å²) in [5, 5.41) is 0. The van der Waals surface area contributed by atoms with E-state index in [-0.39, 0.29) is 6.79 Å². The molecule has 1 atom stereocenters. The molecular formula is C15H28O5S. The van der Waals surface area contributed by atoms with E-state index in [0.29, 0.717) is 19.4 Å². The molecule has 0 saturated heterocycles. The average Bonchev–Trinajstić information content (AvgIpc) is 2.40. The van der Waals surface area contributed by atoms with Crippen molar-refractivity contribution >= 4 is 10.1 Å². The first-order chi connectivity index (χ1) is 9.99. The summed E-state index contributed by atoms with van der Waals surface area (Å²) in [5.74, 6) is 5.87. The highest BCUT2D eigenvalue weighted by molar-refractivity contribution is 7.86. The van der Waals surface area contributed by atoms with Crippen LogP contribution in [0.4, 0.5) is 0 Å². The van der Waals surface area contributed by atoms with Gasteiger partial charge in [0.05, 0.1) is 12.9 Å². The lowest BCUT2D eigenvalue weighted by atomic mass is 10.1. The average molecular weight is 320 g/mol. The maximum Gasteiger partial charge on any atom is 0.265 e. The number of hydrogen-bond donors (Lipinski definition) is 0. The lowest BCUT2D eigenvalue weighted by Crippen LogP contribution is -2.15. The van der Waals surface area contributed by atoms with Gasteiger partial charge < -0.3 is 9.47 Å². The fourth-order valence-corrected chi connectivity index (χ4v) is 2.27. The van der Waals surface area contributed by atoms with Gasteiger partial charge in [-0.05, 0) is 19.3 Å². The molecule has 124 valence electrons. The predicted octanol–water partition coefficient (Wildman–Crippen LogP) is 2.71. The predicted molar refractivity (Wildman–Crippen MR) is 83.3 cm³/mol. The largest absolute Gasteiger partial charge is 0.359 e. The van der Waals surface area contributed by atoms with E-state index in [2.05, 4.69) is 18.8 Å². The van der Waals surface area contributed by atoms with Crippen molar-refractivity contribution in [2.24, 2.45) is 0 Å². The Kier molecular flexibility index (Phi) is 12.7. The summed E-state index contributed by atoms with van der Waals surface area (Å²) >= 11 is 0. The van der Waals surface area contributed by atoms with Crippen LogP contribution in [0.5, 0.6) is 0 Å². The first-order valence-electron chi connectivity index (χ1n) is 7.43. The summed E-state index contributed by atoms with van der Waals surface area (Å²) in [6, 6.07) is 0. The van der Waals surface area contributed by atoms with Gasteiger partial charge in [0.15, 0.2) is 0 Å². The maximum absolute atomic E-state index is 11.2. The van der Waals surface area contributed by atoms with Crippen LogP contribution in [0.3, 0.4) is 0 Å². The molecule has 0 rings (SSSR count). The number of unbranched alkanes of at least 4 members (excludes halogenated alkanes) is 4. The zero-order valence-corrected chi connectivity index (χ0v) is 14.2. The lowest BCUT2D eigenvalue weighted by Gasteiger charge is -2.09. The Balaban J connectivity index is 4.08. The van der Waals surface area contributed by atoms with Crippen molar-refractivity contribution in [1.82, 2.24) is 0 Å². The summed E-state index contributed by atoms with van der Waals surface area (Å²) in [4.78, 5) is 0. The quantitative estimate of drug-likeness (QED) is 0.239. The zero-order valence-electron chi connectivity index (χ0n) is 13.4. The fourth-order valence-electron chi connectivity index (χ4n) is 1.70. The van der Waals surface area contributed by atoms with Gasteiger partial charge in [-0.15, -0.1) is 5.92 Å². The van der Waals surface area contributed by atoms with Crippen molar-refractivity contribution in [3.05, 3.63) is 0 Å². The number of ether oxygens (including phenoxy) is 2. The van der Waals surface area contributed by atoms with Crippen molar-refractivity contribution in [1.29, 1.82) is 0 Å². The van der Waals surface area contributed by atoms with Crippen LogP contribution in [0.25, 0.3) is 0 Å². The third kappa shape index (κ3) is 15.6. The second kappa shape index (κ2) is 13.1. The smallest absolute Gasteiger partial charge is 0.265 e. The van der Waals surface area contributed by atoms with E-state index in [4.69, 9.17) is 13.7 Å². The zero-order chi connectivity index (χ0) is 16.0. The molecule has 0 unspecified atom stereocenters. The normalized spacial score (nSPS) is 12.7. The van der Waals surface area contributed by atoms with E-state index in [1.807, 2.05) is 0 Å². The van der Waals surface area contributed by atoms with E-state index in [1.165, 1.54) is 0 Å². The molecule has 0 aromatic carbocycles. The molecule has 0 aromatic rings. The molecular weight excluding hydrogens is 292 g/mol. The van der Waals surface area contributed by atoms with Crippen LogP contribution >= 0.6 is 0 Å². The van der Waals surface area contributed by atoms with Crippen molar-refractivity contribution in [3.63, 3.8) is 0 Å². The lowest BCUT2D eigenvalue weighted by molar-refractivity contribution is -0.0307. The Morgan fingerprint density at radius 1 is 1.14 bits per heavy atom. The maximum atomic E-state index is 11.2. The van der Waals surface area contributed by atoms with E-state index < -0.39 is 16.2 Å². The van der Waals surface area contributed by atoms with Crippen LogP contribution in [0.2, 0.25) is 0 Å². The summed E-state index contributed by atoms with van der Waals surface area (Å²) in [6.07, 6.45) is 6.93. The van der Waals surface area contributed by atoms with Gasteiger partial charge in [0, 0.05) is 13.5 Å². The van der Waals surface area contributed by atoms with Gasteiger partial charge in [0.1, 0.15) is 12.9 Å². The number of hydrogen-bond acceptors (Lipinski definition) is 5. The van der Waals surface area contributed by atoms with E-state index >= 15 is 0 Å². The monoisotopic (exact) mass is 320 g/mol. The first kappa shape index (κ1) is 20.4. The van der Waals surface area contributed by atoms with Gasteiger partial charge in [-0.1, -0.05) is 32.1 Å². The summed E-state index contributed by atoms with van der Waals surface area (Å²) < 4.78 is 37.3. The van der Waals surface area contributed by atoms with Gasteiger partial charge >= 0.3 is 0 Å². The van der Waals surface area contributed by atoms with Crippen LogP contribution in [-0.4, -0.2) is 41.3 Å². The van der Waals surface area contributed by atoms with Crippen LogP contribution in [0.1, 0.15) is 51.9 Å². The fraction of sp³-hybridized carbons (Fsp3) is 0.867. The molecule has 21 heavy (non-hydrogen) atoms. The molecule has 0 aliphatic rings. The Hall–Kier alpha value is -0.610. The van der Waals surface area contributed by atoms with Crippen molar-refractivity contribution in [2.75, 3.05) is 26.8 Å². The molecule has 0 heterocycles. The molecule has 0 spiro atoms. The highest BCUT2D eigenvalue weighted by atomic mass is 32.2. The molecule has 5 nitrogen and oxygen atoms in total. The second-order valence-corrected chi connectivity index (χ2v) is 6.48. The van der Waals surface area contributed by atoms with Crippen molar-refractivity contribution < 1.29 is 22.1 Å². The molecule has 0 fully saturated rings. The van der Waals surface area contributed by atoms with Crippen LogP contribution in [0, 0.1) is 11.8 Å². The summed E-state index contributed by atoms with van der Waals surface area (Å²) in [6.45, 7) is 3.00. The van der Waals surface area contributed by atoms with E-state index in [0.717, 1.165) is 38.4 Å². The van der Waals surface area contributed by atoms with E-state index in [1.54, 1.807) is 7.11 Å². The van der Waals surface area contributed by atoms with Gasteiger partial charge in [-0.25, -0.2) is 0 Å². The topological polar surface area (TPSA) is 61.8 Å². The van der Waals surface area contributed by atoms with Gasteiger partial charge in [-0.3, -0.25) is 4.18 Å². The number of rotatable bonds is 12. The molecule has 0 aliphatic heterocycles. The van der Waals surface area contributed by atoms with Gasteiger partial charge in [0.2, 0.25) is 0 Å². The van der Waals surface area contributed by atoms with Crippen molar-refractivity contribution in [3.8, 4) is 11.8 Å². The highest BCUT2D eigenvalue weighted by Gasteiger charge is 2.12. The van der Waals surface area contributed by atoms with Crippen molar-refractivity contribution in [2.45, 2.75) is 58.0 Å². The Bertz CT molecular complexity index is 394. The third-order valence-electron chi connectivity index (χ3n) is 2.67. The summed E-state index contributed by atoms with van der Waals surface area (Å²) in [5.41, 5.74) is 0. The van der Waals surface area contributed by atoms with Gasteiger partial charge in [-0.2, -0.15) is 8.42 Å². The third-order valence-corrected chi connectivity index (χ3v) is 3.25. The Morgan fingerprint density at radius 3 is 2.52 bits per heavy atom.